The molecular formula is C16H23ClN4O. The molecule has 2 aliphatic heterocycles. The Kier molecular flexibility index (Phi) is 5.31. The fourth-order valence-electron chi connectivity index (χ4n) is 3.21. The first kappa shape index (κ1) is 15.7. The molecule has 1 atom stereocenters. The van der Waals surface area contributed by atoms with Crippen molar-refractivity contribution in [3.05, 3.63) is 29.3 Å². The molecule has 2 aliphatic rings. The summed E-state index contributed by atoms with van der Waals surface area (Å²) in [5, 5.41) is 6.96. The van der Waals surface area contributed by atoms with Crippen LogP contribution in [0.5, 0.6) is 0 Å². The number of nitrogens with one attached hydrogen (secondary N) is 2. The number of benzene rings is 1. The molecule has 2 saturated heterocycles. The molecule has 0 aromatic heterocycles. The van der Waals surface area contributed by atoms with Gasteiger partial charge in [0.25, 0.3) is 0 Å². The lowest BCUT2D eigenvalue weighted by Crippen LogP contribution is -2.52. The molecule has 1 aromatic rings. The van der Waals surface area contributed by atoms with Crippen molar-refractivity contribution in [2.24, 2.45) is 0 Å². The second-order valence-electron chi connectivity index (χ2n) is 6.02. The van der Waals surface area contributed by atoms with E-state index in [2.05, 4.69) is 20.4 Å². The molecule has 2 fully saturated rings. The summed E-state index contributed by atoms with van der Waals surface area (Å²) in [5.74, 6) is 0.0262. The van der Waals surface area contributed by atoms with Gasteiger partial charge in [-0.05, 0) is 31.2 Å². The average molecular weight is 323 g/mol. The number of halogens is 1. The maximum Gasteiger partial charge on any atom is 0.238 e. The third-order valence-electron chi connectivity index (χ3n) is 4.43. The number of hydrogen-bond donors (Lipinski definition) is 2. The van der Waals surface area contributed by atoms with E-state index in [0.717, 1.165) is 45.0 Å². The molecule has 0 radical (unpaired) electrons. The minimum absolute atomic E-state index is 0.0262. The van der Waals surface area contributed by atoms with E-state index in [1.54, 1.807) is 12.1 Å². The summed E-state index contributed by atoms with van der Waals surface area (Å²) in [7, 11) is 0. The number of carbonyl (C=O) groups excluding carboxylic acids is 1. The van der Waals surface area contributed by atoms with Gasteiger partial charge in [0.2, 0.25) is 5.91 Å². The molecule has 0 bridgehead atoms. The molecule has 2 heterocycles. The third kappa shape index (κ3) is 4.20. The van der Waals surface area contributed by atoms with Crippen LogP contribution in [0, 0.1) is 0 Å². The van der Waals surface area contributed by atoms with Crippen molar-refractivity contribution >= 4 is 23.2 Å². The molecule has 22 heavy (non-hydrogen) atoms. The SMILES string of the molecule is O=C(CN1CCN(C2CCNC2)CC1)Nc1cccc(Cl)c1. The van der Waals surface area contributed by atoms with Crippen LogP contribution in [0.25, 0.3) is 0 Å². The molecule has 1 aromatic carbocycles. The molecule has 5 nitrogen and oxygen atoms in total. The molecule has 1 unspecified atom stereocenters. The summed E-state index contributed by atoms with van der Waals surface area (Å²) in [6.07, 6.45) is 1.25. The standard InChI is InChI=1S/C16H23ClN4O/c17-13-2-1-3-14(10-13)19-16(22)12-20-6-8-21(9-7-20)15-4-5-18-11-15/h1-3,10,15,18H,4-9,11-12H2,(H,19,22). The van der Waals surface area contributed by atoms with Gasteiger partial charge in [0.15, 0.2) is 0 Å². The summed E-state index contributed by atoms with van der Waals surface area (Å²) < 4.78 is 0. The number of rotatable bonds is 4. The van der Waals surface area contributed by atoms with Crippen LogP contribution < -0.4 is 10.6 Å². The Morgan fingerprint density at radius 3 is 2.82 bits per heavy atom. The van der Waals surface area contributed by atoms with Gasteiger partial charge in [0.1, 0.15) is 0 Å². The highest BCUT2D eigenvalue weighted by atomic mass is 35.5. The second kappa shape index (κ2) is 7.42. The van der Waals surface area contributed by atoms with Gasteiger partial charge < -0.3 is 10.6 Å². The highest BCUT2D eigenvalue weighted by Gasteiger charge is 2.26. The van der Waals surface area contributed by atoms with Crippen LogP contribution in [0.4, 0.5) is 5.69 Å². The van der Waals surface area contributed by atoms with Gasteiger partial charge >= 0.3 is 0 Å². The van der Waals surface area contributed by atoms with Crippen molar-refractivity contribution in [2.75, 3.05) is 51.1 Å². The van der Waals surface area contributed by atoms with Crippen LogP contribution in [-0.2, 0) is 4.79 Å². The zero-order chi connectivity index (χ0) is 15.4. The van der Waals surface area contributed by atoms with Crippen LogP contribution in [0.1, 0.15) is 6.42 Å². The molecular weight excluding hydrogens is 300 g/mol. The van der Waals surface area contributed by atoms with Crippen LogP contribution in [0.15, 0.2) is 24.3 Å². The lowest BCUT2D eigenvalue weighted by molar-refractivity contribution is -0.117. The number of piperazine rings is 1. The monoisotopic (exact) mass is 322 g/mol. The topological polar surface area (TPSA) is 47.6 Å². The van der Waals surface area contributed by atoms with Gasteiger partial charge in [0, 0.05) is 49.5 Å². The van der Waals surface area contributed by atoms with Gasteiger partial charge in [-0.3, -0.25) is 14.6 Å². The fraction of sp³-hybridized carbons (Fsp3) is 0.562. The number of carbonyl (C=O) groups is 1. The molecule has 1 amide bonds. The number of anilines is 1. The van der Waals surface area contributed by atoms with Crippen molar-refractivity contribution in [1.29, 1.82) is 0 Å². The number of hydrogen-bond acceptors (Lipinski definition) is 4. The van der Waals surface area contributed by atoms with Crippen LogP contribution >= 0.6 is 11.6 Å². The first-order valence-electron chi connectivity index (χ1n) is 7.93. The fourth-order valence-corrected chi connectivity index (χ4v) is 3.40. The summed E-state index contributed by atoms with van der Waals surface area (Å²) in [6, 6.07) is 7.95. The molecule has 120 valence electrons. The maximum atomic E-state index is 12.1. The predicted octanol–water partition coefficient (Wildman–Crippen LogP) is 1.26. The van der Waals surface area contributed by atoms with Crippen LogP contribution in [0.3, 0.4) is 0 Å². The zero-order valence-corrected chi connectivity index (χ0v) is 13.5. The molecule has 0 spiro atoms. The highest BCUT2D eigenvalue weighted by molar-refractivity contribution is 6.30. The summed E-state index contributed by atoms with van der Waals surface area (Å²) in [4.78, 5) is 16.9. The van der Waals surface area contributed by atoms with Gasteiger partial charge in [-0.25, -0.2) is 0 Å². The molecule has 2 N–H and O–H groups in total. The van der Waals surface area contributed by atoms with Gasteiger partial charge in [-0.15, -0.1) is 0 Å². The lowest BCUT2D eigenvalue weighted by Gasteiger charge is -2.37. The van der Waals surface area contributed by atoms with Crippen molar-refractivity contribution in [3.8, 4) is 0 Å². The summed E-state index contributed by atoms with van der Waals surface area (Å²) >= 11 is 5.93. The number of amides is 1. The Bertz CT molecular complexity index is 511. The van der Waals surface area contributed by atoms with Gasteiger partial charge in [-0.1, -0.05) is 17.7 Å². The van der Waals surface area contributed by atoms with Crippen LogP contribution in [-0.4, -0.2) is 67.6 Å². The summed E-state index contributed by atoms with van der Waals surface area (Å²) in [6.45, 7) is 6.71. The van der Waals surface area contributed by atoms with Gasteiger partial charge in [0.05, 0.1) is 6.54 Å². The van der Waals surface area contributed by atoms with E-state index in [9.17, 15) is 4.79 Å². The van der Waals surface area contributed by atoms with E-state index in [1.165, 1.54) is 6.42 Å². The van der Waals surface area contributed by atoms with Gasteiger partial charge in [-0.2, -0.15) is 0 Å². The maximum absolute atomic E-state index is 12.1. The first-order valence-corrected chi connectivity index (χ1v) is 8.31. The zero-order valence-electron chi connectivity index (χ0n) is 12.7. The van der Waals surface area contributed by atoms with Crippen molar-refractivity contribution in [1.82, 2.24) is 15.1 Å². The van der Waals surface area contributed by atoms with Crippen LogP contribution in [0.2, 0.25) is 5.02 Å². The van der Waals surface area contributed by atoms with Crippen molar-refractivity contribution < 1.29 is 4.79 Å². The highest BCUT2D eigenvalue weighted by Crippen LogP contribution is 2.15. The average Bonchev–Trinajstić information content (AvgIpc) is 3.02. The predicted molar refractivity (Wildman–Crippen MR) is 89.4 cm³/mol. The van der Waals surface area contributed by atoms with E-state index in [0.29, 0.717) is 17.6 Å². The normalized spacial score (nSPS) is 23.6. The van der Waals surface area contributed by atoms with E-state index >= 15 is 0 Å². The Balaban J connectivity index is 1.43. The van der Waals surface area contributed by atoms with E-state index in [4.69, 9.17) is 11.6 Å². The van der Waals surface area contributed by atoms with Crippen molar-refractivity contribution in [3.63, 3.8) is 0 Å². The third-order valence-corrected chi connectivity index (χ3v) is 4.67. The molecule has 6 heteroatoms. The summed E-state index contributed by atoms with van der Waals surface area (Å²) in [5.41, 5.74) is 0.758. The Morgan fingerprint density at radius 1 is 1.32 bits per heavy atom. The second-order valence-corrected chi connectivity index (χ2v) is 6.45. The van der Waals surface area contributed by atoms with E-state index in [1.807, 2.05) is 12.1 Å². The Hall–Kier alpha value is -1.14. The number of nitrogens with zero attached hydrogens (tertiary/aromatic N) is 2. The molecule has 3 rings (SSSR count). The minimum atomic E-state index is 0.0262. The first-order chi connectivity index (χ1) is 10.7. The Labute approximate surface area is 136 Å². The van der Waals surface area contributed by atoms with Crippen molar-refractivity contribution in [2.45, 2.75) is 12.5 Å². The smallest absolute Gasteiger partial charge is 0.238 e. The van der Waals surface area contributed by atoms with E-state index < -0.39 is 0 Å². The Morgan fingerprint density at radius 2 is 2.14 bits per heavy atom. The lowest BCUT2D eigenvalue weighted by atomic mass is 10.2. The minimum Gasteiger partial charge on any atom is -0.325 e. The quantitative estimate of drug-likeness (QED) is 0.876. The molecule has 0 saturated carbocycles. The van der Waals surface area contributed by atoms with E-state index in [-0.39, 0.29) is 5.91 Å². The largest absolute Gasteiger partial charge is 0.325 e. The molecule has 0 aliphatic carbocycles.